The van der Waals surface area contributed by atoms with Gasteiger partial charge in [0.05, 0.1) is 24.4 Å². The Morgan fingerprint density at radius 2 is 1.96 bits per heavy atom. The first kappa shape index (κ1) is 24.2. The second kappa shape index (κ2) is 12.6. The highest BCUT2D eigenvalue weighted by Crippen LogP contribution is 2.17. The fraction of sp³-hybridized carbons (Fsp3) is 0.421. The van der Waals surface area contributed by atoms with Crippen LogP contribution in [0.3, 0.4) is 0 Å². The van der Waals surface area contributed by atoms with E-state index in [9.17, 15) is 4.79 Å². The molecule has 0 atom stereocenters. The maximum atomic E-state index is 12.2. The molecule has 9 heteroatoms. The van der Waals surface area contributed by atoms with Gasteiger partial charge in [-0.25, -0.2) is 9.98 Å². The summed E-state index contributed by atoms with van der Waals surface area (Å²) in [6.07, 6.45) is 0. The van der Waals surface area contributed by atoms with Crippen molar-refractivity contribution >= 4 is 47.2 Å². The molecule has 28 heavy (non-hydrogen) atoms. The minimum Gasteiger partial charge on any atom is -0.497 e. The fourth-order valence-corrected chi connectivity index (χ4v) is 3.30. The first-order valence-corrected chi connectivity index (χ1v) is 9.72. The lowest BCUT2D eigenvalue weighted by atomic mass is 10.2. The van der Waals surface area contributed by atoms with Crippen LogP contribution in [0.25, 0.3) is 0 Å². The molecule has 1 aromatic carbocycles. The van der Waals surface area contributed by atoms with E-state index >= 15 is 0 Å². The van der Waals surface area contributed by atoms with E-state index < -0.39 is 0 Å². The van der Waals surface area contributed by atoms with Crippen molar-refractivity contribution in [1.29, 1.82) is 0 Å². The average molecular weight is 517 g/mol. The lowest BCUT2D eigenvalue weighted by Crippen LogP contribution is -2.41. The van der Waals surface area contributed by atoms with Crippen molar-refractivity contribution in [3.8, 4) is 5.75 Å². The summed E-state index contributed by atoms with van der Waals surface area (Å²) in [5.74, 6) is 1.25. The van der Waals surface area contributed by atoms with Crippen LogP contribution in [-0.2, 0) is 6.54 Å². The zero-order valence-electron chi connectivity index (χ0n) is 16.7. The standard InChI is InChI=1S/C19H27N5O2S.HI/c1-5-20-19(23-12-17-13(2)24-14(3)27-17)22-10-9-21-18(25)15-7-6-8-16(11-15)26-4;/h6-8,11H,5,9-10,12H2,1-4H3,(H,21,25)(H2,20,22,23);1H. The first-order chi connectivity index (χ1) is 13.0. The summed E-state index contributed by atoms with van der Waals surface area (Å²) >= 11 is 1.67. The van der Waals surface area contributed by atoms with Gasteiger partial charge in [0.15, 0.2) is 5.96 Å². The summed E-state index contributed by atoms with van der Waals surface area (Å²) in [4.78, 5) is 22.4. The Labute approximate surface area is 187 Å². The summed E-state index contributed by atoms with van der Waals surface area (Å²) in [5.41, 5.74) is 1.61. The molecule has 0 spiro atoms. The monoisotopic (exact) mass is 517 g/mol. The minimum absolute atomic E-state index is 0. The van der Waals surface area contributed by atoms with Crippen molar-refractivity contribution < 1.29 is 9.53 Å². The third kappa shape index (κ3) is 7.63. The molecule has 1 aromatic heterocycles. The number of carbonyl (C=O) groups is 1. The molecular weight excluding hydrogens is 489 g/mol. The van der Waals surface area contributed by atoms with E-state index in [0.29, 0.717) is 30.9 Å². The van der Waals surface area contributed by atoms with Gasteiger partial charge < -0.3 is 20.7 Å². The van der Waals surface area contributed by atoms with E-state index in [1.54, 1.807) is 36.6 Å². The Hall–Kier alpha value is -1.88. The molecule has 1 amide bonds. The van der Waals surface area contributed by atoms with Crippen molar-refractivity contribution in [1.82, 2.24) is 20.9 Å². The number of hydrogen-bond acceptors (Lipinski definition) is 5. The number of methoxy groups -OCH3 is 1. The van der Waals surface area contributed by atoms with E-state index in [1.807, 2.05) is 26.8 Å². The molecule has 0 aliphatic heterocycles. The number of nitrogens with zero attached hydrogens (tertiary/aromatic N) is 2. The Morgan fingerprint density at radius 1 is 1.21 bits per heavy atom. The molecule has 2 aromatic rings. The molecule has 0 saturated heterocycles. The highest BCUT2D eigenvalue weighted by atomic mass is 127. The van der Waals surface area contributed by atoms with Crippen LogP contribution in [0.15, 0.2) is 29.3 Å². The highest BCUT2D eigenvalue weighted by Gasteiger charge is 2.07. The highest BCUT2D eigenvalue weighted by molar-refractivity contribution is 14.0. The normalized spacial score (nSPS) is 10.8. The minimum atomic E-state index is -0.131. The van der Waals surface area contributed by atoms with E-state index in [1.165, 1.54) is 0 Å². The molecule has 154 valence electrons. The summed E-state index contributed by atoms with van der Waals surface area (Å²) in [5, 5.41) is 10.4. The number of nitrogens with one attached hydrogen (secondary N) is 3. The maximum Gasteiger partial charge on any atom is 0.251 e. The number of aliphatic imine (C=N–C) groups is 1. The van der Waals surface area contributed by atoms with E-state index in [4.69, 9.17) is 4.74 Å². The SMILES string of the molecule is CCNC(=NCc1sc(C)nc1C)NCCNC(=O)c1cccc(OC)c1.I. The second-order valence-corrected chi connectivity index (χ2v) is 7.14. The predicted molar refractivity (Wildman–Crippen MR) is 125 cm³/mol. The number of benzene rings is 1. The number of aromatic nitrogens is 1. The van der Waals surface area contributed by atoms with Crippen LogP contribution in [-0.4, -0.2) is 43.6 Å². The average Bonchev–Trinajstić information content (AvgIpc) is 3.00. The van der Waals surface area contributed by atoms with E-state index in [2.05, 4.69) is 25.9 Å². The molecule has 0 aliphatic carbocycles. The number of ether oxygens (including phenoxy) is 1. The molecule has 0 unspecified atom stereocenters. The lowest BCUT2D eigenvalue weighted by Gasteiger charge is -2.12. The van der Waals surface area contributed by atoms with Gasteiger partial charge in [-0.3, -0.25) is 4.79 Å². The number of hydrogen-bond donors (Lipinski definition) is 3. The largest absolute Gasteiger partial charge is 0.497 e. The molecule has 0 bridgehead atoms. The Morgan fingerprint density at radius 3 is 2.61 bits per heavy atom. The molecule has 0 fully saturated rings. The van der Waals surface area contributed by atoms with Crippen molar-refractivity contribution in [2.45, 2.75) is 27.3 Å². The Kier molecular flexibility index (Phi) is 10.8. The van der Waals surface area contributed by atoms with Crippen LogP contribution >= 0.6 is 35.3 Å². The molecule has 7 nitrogen and oxygen atoms in total. The zero-order chi connectivity index (χ0) is 19.6. The molecule has 1 heterocycles. The van der Waals surface area contributed by atoms with Gasteiger partial charge in [0.2, 0.25) is 0 Å². The van der Waals surface area contributed by atoms with Gasteiger partial charge in [-0.15, -0.1) is 35.3 Å². The second-order valence-electron chi connectivity index (χ2n) is 5.85. The summed E-state index contributed by atoms with van der Waals surface area (Å²) in [6, 6.07) is 7.08. The van der Waals surface area contributed by atoms with E-state index in [0.717, 1.165) is 28.1 Å². The summed E-state index contributed by atoms with van der Waals surface area (Å²) < 4.78 is 5.14. The molecule has 0 saturated carbocycles. The van der Waals surface area contributed by atoms with Crippen molar-refractivity contribution in [3.63, 3.8) is 0 Å². The number of halogens is 1. The summed E-state index contributed by atoms with van der Waals surface area (Å²) in [7, 11) is 1.58. The first-order valence-electron chi connectivity index (χ1n) is 8.90. The van der Waals surface area contributed by atoms with Crippen LogP contribution < -0.4 is 20.7 Å². The van der Waals surface area contributed by atoms with Gasteiger partial charge in [0.25, 0.3) is 5.91 Å². The molecule has 3 N–H and O–H groups in total. The van der Waals surface area contributed by atoms with Gasteiger partial charge >= 0.3 is 0 Å². The summed E-state index contributed by atoms with van der Waals surface area (Å²) in [6.45, 7) is 8.43. The van der Waals surface area contributed by atoms with Crippen LogP contribution in [0.5, 0.6) is 5.75 Å². The number of carbonyl (C=O) groups excluding carboxylic acids is 1. The molecule has 0 aliphatic rings. The van der Waals surface area contributed by atoms with Crippen molar-refractivity contribution in [2.24, 2.45) is 4.99 Å². The zero-order valence-corrected chi connectivity index (χ0v) is 19.8. The number of thiazole rings is 1. The predicted octanol–water partition coefficient (Wildman–Crippen LogP) is 2.87. The van der Waals surface area contributed by atoms with Crippen LogP contribution in [0.1, 0.15) is 32.9 Å². The van der Waals surface area contributed by atoms with Crippen LogP contribution in [0.2, 0.25) is 0 Å². The third-order valence-corrected chi connectivity index (χ3v) is 4.82. The van der Waals surface area contributed by atoms with Gasteiger partial charge in [-0.05, 0) is 39.0 Å². The molecular formula is C19H28IN5O2S. The maximum absolute atomic E-state index is 12.2. The smallest absolute Gasteiger partial charge is 0.251 e. The van der Waals surface area contributed by atoms with Crippen molar-refractivity contribution in [2.75, 3.05) is 26.7 Å². The fourth-order valence-electron chi connectivity index (χ4n) is 2.44. The van der Waals surface area contributed by atoms with Crippen LogP contribution in [0.4, 0.5) is 0 Å². The van der Waals surface area contributed by atoms with Gasteiger partial charge in [-0.1, -0.05) is 6.07 Å². The molecule has 2 rings (SSSR count). The van der Waals surface area contributed by atoms with Gasteiger partial charge in [0, 0.05) is 30.1 Å². The number of guanidine groups is 1. The van der Waals surface area contributed by atoms with Crippen LogP contribution in [0, 0.1) is 13.8 Å². The molecule has 0 radical (unpaired) electrons. The number of rotatable bonds is 8. The Balaban J connectivity index is 0.00000392. The number of aryl methyl sites for hydroxylation is 2. The number of amides is 1. The third-order valence-electron chi connectivity index (χ3n) is 3.76. The topological polar surface area (TPSA) is 87.6 Å². The van der Waals surface area contributed by atoms with Crippen molar-refractivity contribution in [3.05, 3.63) is 45.4 Å². The quantitative estimate of drug-likeness (QED) is 0.217. The van der Waals surface area contributed by atoms with E-state index in [-0.39, 0.29) is 29.9 Å². The van der Waals surface area contributed by atoms with Gasteiger partial charge in [-0.2, -0.15) is 0 Å². The Bertz CT molecular complexity index is 794. The lowest BCUT2D eigenvalue weighted by molar-refractivity contribution is 0.0954. The van der Waals surface area contributed by atoms with Gasteiger partial charge in [0.1, 0.15) is 5.75 Å².